The summed E-state index contributed by atoms with van der Waals surface area (Å²) in [5.41, 5.74) is 11.8. The van der Waals surface area contributed by atoms with Gasteiger partial charge in [-0.15, -0.1) is 0 Å². The Bertz CT molecular complexity index is 3420. The van der Waals surface area contributed by atoms with Gasteiger partial charge in [-0.05, 0) is 75.1 Å². The van der Waals surface area contributed by atoms with Gasteiger partial charge in [0.05, 0.1) is 11.0 Å². The fourth-order valence-corrected chi connectivity index (χ4v) is 9.21. The molecular weight excluding hydrogens is 671 g/mol. The van der Waals surface area contributed by atoms with Crippen LogP contribution >= 0.6 is 0 Å². The topological polar surface area (TPSA) is 31.2 Å². The molecule has 0 aliphatic carbocycles. The van der Waals surface area contributed by atoms with Crippen molar-refractivity contribution in [2.45, 2.75) is 0 Å². The number of fused-ring (bicyclic) bond motifs is 10. The molecule has 3 heteroatoms. The summed E-state index contributed by atoms with van der Waals surface area (Å²) >= 11 is 0. The van der Waals surface area contributed by atoms with Gasteiger partial charge in [0.15, 0.2) is 0 Å². The summed E-state index contributed by atoms with van der Waals surface area (Å²) in [6.07, 6.45) is 0. The summed E-state index contributed by atoms with van der Waals surface area (Å²) in [4.78, 5) is 0. The van der Waals surface area contributed by atoms with Gasteiger partial charge in [-0.2, -0.15) is 0 Å². The highest BCUT2D eigenvalue weighted by molar-refractivity contribution is 6.31. The molecule has 3 aromatic heterocycles. The van der Waals surface area contributed by atoms with Crippen LogP contribution in [-0.4, -0.2) is 4.57 Å². The molecule has 0 unspecified atom stereocenters. The second-order valence-electron chi connectivity index (χ2n) is 14.3. The van der Waals surface area contributed by atoms with Crippen molar-refractivity contribution in [2.75, 3.05) is 0 Å². The molecule has 0 amide bonds. The van der Waals surface area contributed by atoms with Crippen LogP contribution in [0.4, 0.5) is 0 Å². The predicted octanol–water partition coefficient (Wildman–Crippen LogP) is 14.7. The van der Waals surface area contributed by atoms with Crippen molar-refractivity contribution in [3.05, 3.63) is 188 Å². The van der Waals surface area contributed by atoms with Crippen LogP contribution in [0.25, 0.3) is 116 Å². The van der Waals surface area contributed by atoms with Crippen LogP contribution in [0.5, 0.6) is 0 Å². The van der Waals surface area contributed by atoms with Gasteiger partial charge < -0.3 is 13.4 Å². The molecule has 55 heavy (non-hydrogen) atoms. The van der Waals surface area contributed by atoms with Gasteiger partial charge in [0.2, 0.25) is 0 Å². The van der Waals surface area contributed by atoms with Gasteiger partial charge in [-0.25, -0.2) is 0 Å². The molecule has 0 aliphatic heterocycles. The highest BCUT2D eigenvalue weighted by Gasteiger charge is 2.27. The molecule has 0 radical (unpaired) electrons. The third kappa shape index (κ3) is 4.26. The lowest BCUT2D eigenvalue weighted by atomic mass is 9.83. The Labute approximate surface area is 315 Å². The third-order valence-corrected chi connectivity index (χ3v) is 11.4. The molecule has 9 aromatic carbocycles. The van der Waals surface area contributed by atoms with E-state index in [1.165, 1.54) is 54.5 Å². The van der Waals surface area contributed by atoms with E-state index in [-0.39, 0.29) is 0 Å². The summed E-state index contributed by atoms with van der Waals surface area (Å²) in [5.74, 6) is 0.851. The van der Waals surface area contributed by atoms with Crippen molar-refractivity contribution in [1.82, 2.24) is 4.57 Å². The molecule has 0 aliphatic rings. The van der Waals surface area contributed by atoms with Gasteiger partial charge in [0.1, 0.15) is 22.5 Å². The molecule has 0 saturated carbocycles. The fraction of sp³-hybridized carbons (Fsp3) is 0. The smallest absolute Gasteiger partial charge is 0.143 e. The maximum Gasteiger partial charge on any atom is 0.143 e. The molecule has 3 heterocycles. The van der Waals surface area contributed by atoms with E-state index in [1.54, 1.807) is 0 Å². The Hall–Kier alpha value is -7.36. The summed E-state index contributed by atoms with van der Waals surface area (Å²) in [7, 11) is 0. The number of nitrogens with zero attached hydrogens (tertiary/aromatic N) is 1. The minimum absolute atomic E-state index is 0.837. The second kappa shape index (κ2) is 11.6. The molecule has 0 fully saturated rings. The number of furan rings is 2. The lowest BCUT2D eigenvalue weighted by Crippen LogP contribution is -1.94. The molecule has 0 N–H and O–H groups in total. The Kier molecular flexibility index (Phi) is 6.34. The van der Waals surface area contributed by atoms with Gasteiger partial charge >= 0.3 is 0 Å². The Morgan fingerprint density at radius 3 is 1.56 bits per heavy atom. The first-order chi connectivity index (χ1) is 27.3. The lowest BCUT2D eigenvalue weighted by Gasteiger charge is -2.19. The maximum absolute atomic E-state index is 6.99. The van der Waals surface area contributed by atoms with Crippen LogP contribution in [0.3, 0.4) is 0 Å². The average Bonchev–Trinajstić information content (AvgIpc) is 3.93. The lowest BCUT2D eigenvalue weighted by molar-refractivity contribution is 0.632. The molecule has 0 bridgehead atoms. The van der Waals surface area contributed by atoms with Crippen LogP contribution in [0.15, 0.2) is 197 Å². The van der Waals surface area contributed by atoms with E-state index < -0.39 is 0 Å². The zero-order valence-corrected chi connectivity index (χ0v) is 29.7. The van der Waals surface area contributed by atoms with Crippen LogP contribution in [0.2, 0.25) is 0 Å². The number of rotatable bonds is 4. The monoisotopic (exact) mass is 701 g/mol. The van der Waals surface area contributed by atoms with E-state index in [9.17, 15) is 0 Å². The van der Waals surface area contributed by atoms with Crippen molar-refractivity contribution in [2.24, 2.45) is 0 Å². The number of hydrogen-bond donors (Lipinski definition) is 0. The first-order valence-corrected chi connectivity index (χ1v) is 18.8. The normalized spacial score (nSPS) is 12.0. The Balaban J connectivity index is 1.27. The Morgan fingerprint density at radius 2 is 0.855 bits per heavy atom. The van der Waals surface area contributed by atoms with Gasteiger partial charge in [-0.3, -0.25) is 0 Å². The van der Waals surface area contributed by atoms with E-state index in [4.69, 9.17) is 8.83 Å². The van der Waals surface area contributed by atoms with Crippen molar-refractivity contribution in [3.63, 3.8) is 0 Å². The number of hydrogen-bond acceptors (Lipinski definition) is 2. The molecule has 3 nitrogen and oxygen atoms in total. The third-order valence-electron chi connectivity index (χ3n) is 11.4. The quantitative estimate of drug-likeness (QED) is 0.171. The Morgan fingerprint density at radius 1 is 0.309 bits per heavy atom. The number of benzene rings is 9. The average molecular weight is 702 g/mol. The molecule has 256 valence electrons. The van der Waals surface area contributed by atoms with Crippen LogP contribution < -0.4 is 0 Å². The van der Waals surface area contributed by atoms with Crippen LogP contribution in [0.1, 0.15) is 0 Å². The van der Waals surface area contributed by atoms with E-state index in [0.717, 1.165) is 61.0 Å². The second-order valence-corrected chi connectivity index (χ2v) is 14.3. The molecule has 12 aromatic rings. The first-order valence-electron chi connectivity index (χ1n) is 18.8. The van der Waals surface area contributed by atoms with Gasteiger partial charge in [-0.1, -0.05) is 146 Å². The summed E-state index contributed by atoms with van der Waals surface area (Å²) in [6.45, 7) is 0. The zero-order chi connectivity index (χ0) is 36.0. The highest BCUT2D eigenvalue weighted by atomic mass is 16.3. The van der Waals surface area contributed by atoms with E-state index >= 15 is 0 Å². The molecule has 0 saturated heterocycles. The van der Waals surface area contributed by atoms with Gasteiger partial charge in [0.25, 0.3) is 0 Å². The van der Waals surface area contributed by atoms with E-state index in [1.807, 2.05) is 18.2 Å². The minimum Gasteiger partial charge on any atom is -0.456 e. The van der Waals surface area contributed by atoms with Crippen molar-refractivity contribution < 1.29 is 8.83 Å². The summed E-state index contributed by atoms with van der Waals surface area (Å²) in [5, 5.41) is 10.4. The maximum atomic E-state index is 6.99. The number of aromatic nitrogens is 1. The SMILES string of the molecule is c1ccc(-c2oc3ccc4oc5ccccc5c4c3c2-c2c3ccccc3c(-c3cccc4c3c3ccccc3n4-c3ccccc3)c3ccccc23)cc1. The standard InChI is InChI=1S/C52H31NO2/c1-3-16-32(17-4-1)52-51(50-45(55-52)31-30-44-49(50)39-25-12-14-29-43(39)54-44)48-36-22-9-7-20-34(36)46(35-21-8-10-23-37(35)48)40-26-15-28-42-47(40)38-24-11-13-27-41(38)53(42)33-18-5-2-6-19-33/h1-31H. The summed E-state index contributed by atoms with van der Waals surface area (Å²) < 4.78 is 15.9. The largest absolute Gasteiger partial charge is 0.456 e. The minimum atomic E-state index is 0.837. The number of para-hydroxylation sites is 3. The van der Waals surface area contributed by atoms with Crippen LogP contribution in [0, 0.1) is 0 Å². The molecule has 12 rings (SSSR count). The zero-order valence-electron chi connectivity index (χ0n) is 29.7. The fourth-order valence-electron chi connectivity index (χ4n) is 9.21. The van der Waals surface area contributed by atoms with Crippen molar-refractivity contribution >= 4 is 76.3 Å². The molecule has 0 atom stereocenters. The van der Waals surface area contributed by atoms with Crippen LogP contribution in [-0.2, 0) is 0 Å². The summed E-state index contributed by atoms with van der Waals surface area (Å²) in [6, 6.07) is 67.1. The highest BCUT2D eigenvalue weighted by Crippen LogP contribution is 2.53. The van der Waals surface area contributed by atoms with Gasteiger partial charge in [0, 0.05) is 49.3 Å². The first kappa shape index (κ1) is 30.1. The molecule has 0 spiro atoms. The molecular formula is C52H31NO2. The van der Waals surface area contributed by atoms with Crippen molar-refractivity contribution in [3.8, 4) is 39.3 Å². The van der Waals surface area contributed by atoms with E-state index in [2.05, 4.69) is 174 Å². The predicted molar refractivity (Wildman–Crippen MR) is 229 cm³/mol. The van der Waals surface area contributed by atoms with Crippen molar-refractivity contribution in [1.29, 1.82) is 0 Å². The van der Waals surface area contributed by atoms with E-state index in [0.29, 0.717) is 0 Å².